The number of amides is 1. The Balaban J connectivity index is 1.20. The number of piperazine rings is 1. The Labute approximate surface area is 243 Å². The molecule has 0 bridgehead atoms. The van der Waals surface area contributed by atoms with Gasteiger partial charge in [0.2, 0.25) is 5.91 Å². The maximum atomic E-state index is 13.3. The number of hydrogen-bond donors (Lipinski definition) is 1. The molecule has 3 aromatic heterocycles. The normalized spacial score (nSPS) is 15.4. The van der Waals surface area contributed by atoms with Crippen LogP contribution in [0.5, 0.6) is 0 Å². The number of pyridine rings is 1. The second-order valence-corrected chi connectivity index (χ2v) is 11.0. The summed E-state index contributed by atoms with van der Waals surface area (Å²) in [5.41, 5.74) is 6.02. The van der Waals surface area contributed by atoms with Crippen LogP contribution in [-0.2, 0) is 11.2 Å². The van der Waals surface area contributed by atoms with E-state index in [1.165, 1.54) is 17.7 Å². The van der Waals surface area contributed by atoms with E-state index >= 15 is 0 Å². The van der Waals surface area contributed by atoms with Gasteiger partial charge in [0.25, 0.3) is 0 Å². The highest BCUT2D eigenvalue weighted by Crippen LogP contribution is 2.36. The van der Waals surface area contributed by atoms with Gasteiger partial charge in [-0.05, 0) is 30.9 Å². The summed E-state index contributed by atoms with van der Waals surface area (Å²) in [5.74, 6) is 0.818. The van der Waals surface area contributed by atoms with Gasteiger partial charge < -0.3 is 20.0 Å². The quantitative estimate of drug-likeness (QED) is 0.329. The molecule has 208 valence electrons. The van der Waals surface area contributed by atoms with Gasteiger partial charge in [-0.3, -0.25) is 19.2 Å². The Bertz CT molecular complexity index is 1510. The van der Waals surface area contributed by atoms with Crippen molar-refractivity contribution in [2.24, 2.45) is 0 Å². The first-order chi connectivity index (χ1) is 19.5. The fourth-order valence-electron chi connectivity index (χ4n) is 5.73. The van der Waals surface area contributed by atoms with Gasteiger partial charge >= 0.3 is 0 Å². The summed E-state index contributed by atoms with van der Waals surface area (Å²) in [6, 6.07) is 6.62. The number of nitrogens with zero attached hydrogens (tertiary/aromatic N) is 7. The number of nitrogens with one attached hydrogen (secondary N) is 1. The first kappa shape index (κ1) is 26.7. The van der Waals surface area contributed by atoms with Crippen molar-refractivity contribution in [3.8, 4) is 11.3 Å². The lowest BCUT2D eigenvalue weighted by Crippen LogP contribution is -2.50. The first-order valence-electron chi connectivity index (χ1n) is 13.8. The number of carbonyl (C=O) groups excluding carboxylic acids is 1. The van der Waals surface area contributed by atoms with Crippen molar-refractivity contribution in [2.75, 3.05) is 60.9 Å². The van der Waals surface area contributed by atoms with Gasteiger partial charge in [-0.2, -0.15) is 0 Å². The number of anilines is 3. The molecule has 6 rings (SSSR count). The molecule has 9 nitrogen and oxygen atoms in total. The van der Waals surface area contributed by atoms with Crippen LogP contribution in [0.25, 0.3) is 16.9 Å². The summed E-state index contributed by atoms with van der Waals surface area (Å²) in [6.07, 6.45) is 11.9. The van der Waals surface area contributed by atoms with E-state index < -0.39 is 0 Å². The summed E-state index contributed by atoms with van der Waals surface area (Å²) in [4.78, 5) is 33.0. The predicted octanol–water partition coefficient (Wildman–Crippen LogP) is 5.02. The molecule has 1 N–H and O–H groups in total. The zero-order valence-electron chi connectivity index (χ0n) is 22.5. The molecular formula is C29H32Cl2N8O. The summed E-state index contributed by atoms with van der Waals surface area (Å²) < 4.78 is 1.96. The maximum Gasteiger partial charge on any atom is 0.242 e. The molecule has 0 unspecified atom stereocenters. The van der Waals surface area contributed by atoms with Crippen molar-refractivity contribution in [2.45, 2.75) is 26.2 Å². The smallest absolute Gasteiger partial charge is 0.242 e. The van der Waals surface area contributed by atoms with E-state index in [1.807, 2.05) is 15.5 Å². The molecule has 2 aliphatic heterocycles. The molecule has 4 aromatic rings. The average Bonchev–Trinajstić information content (AvgIpc) is 3.35. The molecule has 1 fully saturated rings. The van der Waals surface area contributed by atoms with Crippen molar-refractivity contribution in [1.29, 1.82) is 0 Å². The van der Waals surface area contributed by atoms with Crippen molar-refractivity contribution < 1.29 is 4.79 Å². The highest BCUT2D eigenvalue weighted by atomic mass is 35.5. The number of rotatable bonds is 7. The SMILES string of the molecule is CCCN1CCCc2ccc(-c3nc4cnccn4c3NCC(=O)N3CCN(c4c(Cl)cncc4Cl)CC3)cc21. The molecule has 5 heterocycles. The lowest BCUT2D eigenvalue weighted by atomic mass is 9.98. The van der Waals surface area contributed by atoms with Gasteiger partial charge in [-0.25, -0.2) is 4.98 Å². The van der Waals surface area contributed by atoms with E-state index in [2.05, 4.69) is 50.2 Å². The molecule has 1 aromatic carbocycles. The van der Waals surface area contributed by atoms with E-state index in [1.54, 1.807) is 24.8 Å². The number of fused-ring (bicyclic) bond motifs is 2. The maximum absolute atomic E-state index is 13.3. The minimum atomic E-state index is 0.0288. The van der Waals surface area contributed by atoms with Gasteiger partial charge in [0.15, 0.2) is 5.65 Å². The summed E-state index contributed by atoms with van der Waals surface area (Å²) >= 11 is 12.7. The fraction of sp³-hybridized carbons (Fsp3) is 0.379. The lowest BCUT2D eigenvalue weighted by molar-refractivity contribution is -0.129. The van der Waals surface area contributed by atoms with Crippen LogP contribution in [0.2, 0.25) is 10.0 Å². The van der Waals surface area contributed by atoms with Crippen LogP contribution >= 0.6 is 23.2 Å². The molecule has 1 amide bonds. The summed E-state index contributed by atoms with van der Waals surface area (Å²) in [5, 5.41) is 4.45. The fourth-order valence-corrected chi connectivity index (χ4v) is 6.34. The van der Waals surface area contributed by atoms with Gasteiger partial charge in [0, 0.05) is 75.3 Å². The van der Waals surface area contributed by atoms with E-state index in [0.717, 1.165) is 54.3 Å². The van der Waals surface area contributed by atoms with Crippen molar-refractivity contribution in [3.63, 3.8) is 0 Å². The summed E-state index contributed by atoms with van der Waals surface area (Å²) in [7, 11) is 0. The lowest BCUT2D eigenvalue weighted by Gasteiger charge is -2.36. The number of imidazole rings is 1. The topological polar surface area (TPSA) is 81.9 Å². The third-order valence-corrected chi connectivity index (χ3v) is 8.23. The monoisotopic (exact) mass is 578 g/mol. The molecule has 0 aliphatic carbocycles. The number of aryl methyl sites for hydroxylation is 1. The van der Waals surface area contributed by atoms with Crippen LogP contribution in [-0.4, -0.2) is 76.0 Å². The van der Waals surface area contributed by atoms with Gasteiger partial charge in [0.05, 0.1) is 28.5 Å². The van der Waals surface area contributed by atoms with E-state index in [-0.39, 0.29) is 12.5 Å². The second kappa shape index (κ2) is 11.5. The molecule has 1 saturated heterocycles. The van der Waals surface area contributed by atoms with Crippen LogP contribution in [0.4, 0.5) is 17.2 Å². The highest BCUT2D eigenvalue weighted by Gasteiger charge is 2.25. The number of aromatic nitrogens is 4. The molecule has 2 aliphatic rings. The first-order valence-corrected chi connectivity index (χ1v) is 14.5. The molecule has 0 radical (unpaired) electrons. The van der Waals surface area contributed by atoms with Gasteiger partial charge in [0.1, 0.15) is 11.5 Å². The van der Waals surface area contributed by atoms with E-state index in [4.69, 9.17) is 28.2 Å². The number of hydrogen-bond acceptors (Lipinski definition) is 7. The zero-order valence-corrected chi connectivity index (χ0v) is 24.0. The number of carbonyl (C=O) groups is 1. The van der Waals surface area contributed by atoms with Crippen molar-refractivity contribution >= 4 is 51.9 Å². The van der Waals surface area contributed by atoms with E-state index in [0.29, 0.717) is 36.2 Å². The Hall–Kier alpha value is -3.56. The molecule has 11 heteroatoms. The number of halogens is 2. The number of benzene rings is 1. The van der Waals surface area contributed by atoms with Crippen LogP contribution < -0.4 is 15.1 Å². The minimum absolute atomic E-state index is 0.0288. The average molecular weight is 580 g/mol. The zero-order chi connectivity index (χ0) is 27.6. The standard InChI is InChI=1S/C29H32Cl2N8O/c1-2-8-36-9-3-4-20-5-6-21(15-24(20)36)27-29(39-10-7-32-18-25(39)35-27)34-19-26(40)37-11-13-38(14-12-37)28-22(30)16-33-17-23(28)31/h5-7,10,15-18,34H,2-4,8-9,11-14,19H2,1H3. The Morgan fingerprint density at radius 1 is 1.02 bits per heavy atom. The summed E-state index contributed by atoms with van der Waals surface area (Å²) in [6.45, 7) is 6.94. The van der Waals surface area contributed by atoms with Crippen LogP contribution in [0.3, 0.4) is 0 Å². The largest absolute Gasteiger partial charge is 0.371 e. The van der Waals surface area contributed by atoms with E-state index in [9.17, 15) is 4.79 Å². The Morgan fingerprint density at radius 2 is 1.82 bits per heavy atom. The van der Waals surface area contributed by atoms with Crippen molar-refractivity contribution in [3.05, 3.63) is 64.8 Å². The van der Waals surface area contributed by atoms with Crippen molar-refractivity contribution in [1.82, 2.24) is 24.3 Å². The Kier molecular flexibility index (Phi) is 7.67. The molecular weight excluding hydrogens is 547 g/mol. The molecule has 0 saturated carbocycles. The van der Waals surface area contributed by atoms with Gasteiger partial charge in [-0.15, -0.1) is 0 Å². The minimum Gasteiger partial charge on any atom is -0.371 e. The van der Waals surface area contributed by atoms with Crippen LogP contribution in [0.15, 0.2) is 49.2 Å². The van der Waals surface area contributed by atoms with Gasteiger partial charge in [-0.1, -0.05) is 42.3 Å². The molecule has 0 spiro atoms. The second-order valence-electron chi connectivity index (χ2n) is 10.2. The third-order valence-electron chi connectivity index (χ3n) is 7.68. The highest BCUT2D eigenvalue weighted by molar-refractivity contribution is 6.38. The third kappa shape index (κ3) is 5.15. The predicted molar refractivity (Wildman–Crippen MR) is 161 cm³/mol. The molecule has 0 atom stereocenters. The Morgan fingerprint density at radius 3 is 2.60 bits per heavy atom. The van der Waals surface area contributed by atoms with Crippen LogP contribution in [0, 0.1) is 0 Å². The van der Waals surface area contributed by atoms with Crippen LogP contribution in [0.1, 0.15) is 25.3 Å². The molecule has 40 heavy (non-hydrogen) atoms.